The summed E-state index contributed by atoms with van der Waals surface area (Å²) in [4.78, 5) is 39.2. The van der Waals surface area contributed by atoms with E-state index >= 15 is 0 Å². The maximum Gasteiger partial charge on any atom is 0.243 e. The van der Waals surface area contributed by atoms with Crippen LogP contribution in [0.5, 0.6) is 11.5 Å². The minimum Gasteiger partial charge on any atom is -0.454 e. The monoisotopic (exact) mass is 399 g/mol. The van der Waals surface area contributed by atoms with E-state index in [4.69, 9.17) is 9.47 Å². The number of hydrogen-bond donors (Lipinski definition) is 1. The predicted molar refractivity (Wildman–Crippen MR) is 102 cm³/mol. The average molecular weight is 399 g/mol. The van der Waals surface area contributed by atoms with Gasteiger partial charge in [0.15, 0.2) is 16.7 Å². The molecule has 1 saturated heterocycles. The summed E-state index contributed by atoms with van der Waals surface area (Å²) in [7, 11) is 1.55. The van der Waals surface area contributed by atoms with Crippen LogP contribution in [0.1, 0.15) is 12.2 Å². The van der Waals surface area contributed by atoms with Crippen molar-refractivity contribution in [3.63, 3.8) is 0 Å². The van der Waals surface area contributed by atoms with Crippen molar-refractivity contribution in [2.45, 2.75) is 18.2 Å². The molecule has 1 unspecified atom stereocenters. The van der Waals surface area contributed by atoms with Crippen LogP contribution < -0.4 is 14.8 Å². The molecule has 1 atom stereocenters. The molecule has 1 fully saturated rings. The van der Waals surface area contributed by atoms with Gasteiger partial charge < -0.3 is 14.8 Å². The Balaban J connectivity index is 1.63. The highest BCUT2D eigenvalue weighted by atomic mass is 32.2. The van der Waals surface area contributed by atoms with Crippen LogP contribution >= 0.6 is 11.8 Å². The number of rotatable bonds is 5. The Kier molecular flexibility index (Phi) is 5.11. The molecule has 2 aromatic rings. The van der Waals surface area contributed by atoms with Crippen LogP contribution in [0.15, 0.2) is 41.7 Å². The molecular formula is C18H17N5O4S. The second-order valence-electron chi connectivity index (χ2n) is 6.01. The highest BCUT2D eigenvalue weighted by Crippen LogP contribution is 2.37. The number of amidine groups is 1. The first-order valence-corrected chi connectivity index (χ1v) is 9.45. The SMILES string of the molecule is CNC(=O)CC1SC(=Nc2ccc3c(c2)OCO3)N(Cc2ncccn2)C1=O. The third-order valence-electron chi connectivity index (χ3n) is 4.17. The van der Waals surface area contributed by atoms with Crippen molar-refractivity contribution < 1.29 is 19.1 Å². The van der Waals surface area contributed by atoms with Gasteiger partial charge in [0.25, 0.3) is 0 Å². The molecule has 144 valence electrons. The largest absolute Gasteiger partial charge is 0.454 e. The van der Waals surface area contributed by atoms with E-state index in [-0.39, 0.29) is 31.6 Å². The molecule has 2 aliphatic rings. The van der Waals surface area contributed by atoms with E-state index in [1.165, 1.54) is 16.7 Å². The fourth-order valence-electron chi connectivity index (χ4n) is 2.76. The first kappa shape index (κ1) is 18.2. The third kappa shape index (κ3) is 3.77. The van der Waals surface area contributed by atoms with E-state index in [1.807, 2.05) is 0 Å². The van der Waals surface area contributed by atoms with E-state index in [2.05, 4.69) is 20.3 Å². The van der Waals surface area contributed by atoms with Crippen molar-refractivity contribution in [1.82, 2.24) is 20.2 Å². The van der Waals surface area contributed by atoms with Crippen molar-refractivity contribution in [2.75, 3.05) is 13.8 Å². The first-order valence-electron chi connectivity index (χ1n) is 8.57. The summed E-state index contributed by atoms with van der Waals surface area (Å²) in [5.41, 5.74) is 0.624. The molecule has 1 N–H and O–H groups in total. The van der Waals surface area contributed by atoms with Crippen LogP contribution in [0.2, 0.25) is 0 Å². The van der Waals surface area contributed by atoms with Crippen molar-refractivity contribution in [3.8, 4) is 11.5 Å². The van der Waals surface area contributed by atoms with Crippen molar-refractivity contribution in [2.24, 2.45) is 4.99 Å². The van der Waals surface area contributed by atoms with Crippen molar-refractivity contribution in [1.29, 1.82) is 0 Å². The molecule has 2 aliphatic heterocycles. The van der Waals surface area contributed by atoms with E-state index in [0.717, 1.165) is 0 Å². The van der Waals surface area contributed by atoms with Gasteiger partial charge in [-0.15, -0.1) is 0 Å². The molecule has 0 aliphatic carbocycles. The van der Waals surface area contributed by atoms with Gasteiger partial charge in [-0.05, 0) is 18.2 Å². The number of fused-ring (bicyclic) bond motifs is 1. The van der Waals surface area contributed by atoms with E-state index in [9.17, 15) is 9.59 Å². The number of carbonyl (C=O) groups excluding carboxylic acids is 2. The van der Waals surface area contributed by atoms with E-state index in [0.29, 0.717) is 28.2 Å². The predicted octanol–water partition coefficient (Wildman–Crippen LogP) is 1.47. The summed E-state index contributed by atoms with van der Waals surface area (Å²) >= 11 is 1.26. The Hall–Kier alpha value is -3.14. The number of hydrogen-bond acceptors (Lipinski definition) is 8. The van der Waals surface area contributed by atoms with Gasteiger partial charge in [0.2, 0.25) is 18.6 Å². The van der Waals surface area contributed by atoms with Crippen molar-refractivity contribution >= 4 is 34.4 Å². The molecular weight excluding hydrogens is 382 g/mol. The Bertz CT molecular complexity index is 937. The topological polar surface area (TPSA) is 106 Å². The van der Waals surface area contributed by atoms with E-state index < -0.39 is 5.25 Å². The van der Waals surface area contributed by atoms with Gasteiger partial charge in [-0.3, -0.25) is 14.5 Å². The fraction of sp³-hybridized carbons (Fsp3) is 0.278. The molecule has 4 rings (SSSR count). The number of ether oxygens (including phenoxy) is 2. The first-order chi connectivity index (χ1) is 13.6. The number of aromatic nitrogens is 2. The van der Waals surface area contributed by atoms with Crippen LogP contribution in [-0.4, -0.2) is 50.9 Å². The second kappa shape index (κ2) is 7.85. The molecule has 10 heteroatoms. The Morgan fingerprint density at radius 3 is 2.89 bits per heavy atom. The van der Waals surface area contributed by atoms with Crippen LogP contribution in [-0.2, 0) is 16.1 Å². The number of nitrogens with zero attached hydrogens (tertiary/aromatic N) is 4. The number of aliphatic imine (C=N–C) groups is 1. The Morgan fingerprint density at radius 1 is 1.32 bits per heavy atom. The number of carbonyl (C=O) groups is 2. The minimum atomic E-state index is -0.545. The summed E-state index contributed by atoms with van der Waals surface area (Å²) in [6.45, 7) is 0.356. The lowest BCUT2D eigenvalue weighted by molar-refractivity contribution is -0.129. The highest BCUT2D eigenvalue weighted by Gasteiger charge is 2.39. The zero-order valence-corrected chi connectivity index (χ0v) is 15.8. The summed E-state index contributed by atoms with van der Waals surface area (Å²) in [6, 6.07) is 7.02. The lowest BCUT2D eigenvalue weighted by Crippen LogP contribution is -2.34. The minimum absolute atomic E-state index is 0.0757. The zero-order chi connectivity index (χ0) is 19.5. The molecule has 2 amide bonds. The third-order valence-corrected chi connectivity index (χ3v) is 5.34. The molecule has 9 nitrogen and oxygen atoms in total. The Morgan fingerprint density at radius 2 is 2.11 bits per heavy atom. The van der Waals surface area contributed by atoms with Crippen molar-refractivity contribution in [3.05, 3.63) is 42.5 Å². The molecule has 3 heterocycles. The number of benzene rings is 1. The molecule has 1 aromatic carbocycles. The molecule has 0 spiro atoms. The molecule has 1 aromatic heterocycles. The number of amides is 2. The number of nitrogens with one attached hydrogen (secondary N) is 1. The summed E-state index contributed by atoms with van der Waals surface area (Å²) in [5, 5.41) is 2.50. The lowest BCUT2D eigenvalue weighted by atomic mass is 10.2. The molecule has 28 heavy (non-hydrogen) atoms. The maximum atomic E-state index is 12.9. The maximum absolute atomic E-state index is 12.9. The Labute approximate surface area is 165 Å². The van der Waals surface area contributed by atoms with Gasteiger partial charge in [0.1, 0.15) is 11.1 Å². The number of thioether (sulfide) groups is 1. The van der Waals surface area contributed by atoms with Crippen LogP contribution in [0.3, 0.4) is 0 Å². The summed E-state index contributed by atoms with van der Waals surface area (Å²) in [5.74, 6) is 1.37. The van der Waals surface area contributed by atoms with Gasteiger partial charge in [0, 0.05) is 31.9 Å². The lowest BCUT2D eigenvalue weighted by Gasteiger charge is -2.15. The summed E-state index contributed by atoms with van der Waals surface area (Å²) < 4.78 is 10.7. The average Bonchev–Trinajstić information content (AvgIpc) is 3.28. The van der Waals surface area contributed by atoms with Gasteiger partial charge in [-0.1, -0.05) is 11.8 Å². The molecule has 0 saturated carbocycles. The van der Waals surface area contributed by atoms with Crippen LogP contribution in [0.4, 0.5) is 5.69 Å². The van der Waals surface area contributed by atoms with Gasteiger partial charge >= 0.3 is 0 Å². The standard InChI is InChI=1S/C18H17N5O4S/c1-19-16(24)8-14-17(25)23(9-15-20-5-2-6-21-15)18(28-14)22-11-3-4-12-13(7-11)27-10-26-12/h2-7,14H,8-10H2,1H3,(H,19,24). The highest BCUT2D eigenvalue weighted by molar-refractivity contribution is 8.15. The van der Waals surface area contributed by atoms with Gasteiger partial charge in [-0.25, -0.2) is 15.0 Å². The van der Waals surface area contributed by atoms with Crippen LogP contribution in [0.25, 0.3) is 0 Å². The zero-order valence-electron chi connectivity index (χ0n) is 15.0. The smallest absolute Gasteiger partial charge is 0.243 e. The molecule has 0 bridgehead atoms. The quantitative estimate of drug-likeness (QED) is 0.811. The molecule has 0 radical (unpaired) electrons. The van der Waals surface area contributed by atoms with E-state index in [1.54, 1.807) is 43.7 Å². The van der Waals surface area contributed by atoms with Gasteiger partial charge in [-0.2, -0.15) is 0 Å². The normalized spacial score (nSPS) is 19.3. The fourth-order valence-corrected chi connectivity index (χ4v) is 3.92. The summed E-state index contributed by atoms with van der Waals surface area (Å²) in [6.07, 6.45) is 3.31. The van der Waals surface area contributed by atoms with Gasteiger partial charge in [0.05, 0.1) is 12.2 Å². The van der Waals surface area contributed by atoms with Crippen LogP contribution in [0, 0.1) is 0 Å². The second-order valence-corrected chi connectivity index (χ2v) is 7.18.